The third kappa shape index (κ3) is 19.5. The van der Waals surface area contributed by atoms with E-state index in [1.54, 1.807) is 13.8 Å². The highest BCUT2D eigenvalue weighted by molar-refractivity contribution is 6.32. The van der Waals surface area contributed by atoms with Crippen LogP contribution in [0.1, 0.15) is 123 Å². The van der Waals surface area contributed by atoms with Crippen LogP contribution >= 0.6 is 23.2 Å². The van der Waals surface area contributed by atoms with Gasteiger partial charge in [-0.05, 0) is 121 Å². The molecule has 7 heterocycles. The topological polar surface area (TPSA) is 628 Å². The number of carboxylic acid groups (broad SMARTS) is 1. The van der Waals surface area contributed by atoms with Gasteiger partial charge in [-0.3, -0.25) is 48.6 Å². The highest BCUT2D eigenvalue weighted by Crippen LogP contribution is 2.51. The van der Waals surface area contributed by atoms with Crippen molar-refractivity contribution >= 4 is 94.2 Å². The van der Waals surface area contributed by atoms with Crippen molar-refractivity contribution < 1.29 is 142 Å². The van der Waals surface area contributed by atoms with Gasteiger partial charge >= 0.3 is 24.2 Å². The van der Waals surface area contributed by atoms with E-state index in [4.69, 9.17) is 78.3 Å². The molecule has 9 amide bonds. The van der Waals surface area contributed by atoms with Crippen LogP contribution in [-0.2, 0) is 68.6 Å². The number of aromatic hydroxyl groups is 3. The predicted molar refractivity (Wildman–Crippen MR) is 411 cm³/mol. The number of aliphatic hydroxyl groups excluding tert-OH is 5. The van der Waals surface area contributed by atoms with Crippen LogP contribution in [0.15, 0.2) is 103 Å². The van der Waals surface area contributed by atoms with Crippen LogP contribution in [0.4, 0.5) is 20.1 Å². The number of carbonyl (C=O) groups is 11. The Hall–Kier alpha value is -12.3. The molecule has 13 rings (SSSR count). The van der Waals surface area contributed by atoms with Crippen LogP contribution in [0.2, 0.25) is 10.0 Å². The number of fused-ring (bicyclic) bond motifs is 15. The molecule has 6 aromatic carbocycles. The highest BCUT2D eigenvalue weighted by Gasteiger charge is 2.54. The molecule has 0 radical (unpaired) electrons. The maximum atomic E-state index is 16.4. The van der Waals surface area contributed by atoms with Gasteiger partial charge in [0.2, 0.25) is 41.6 Å². The number of benzene rings is 6. The van der Waals surface area contributed by atoms with E-state index < -0.39 is 302 Å². The van der Waals surface area contributed by atoms with Gasteiger partial charge in [0.1, 0.15) is 90.0 Å². The number of ketones is 2. The molecule has 2 saturated heterocycles. The number of nitro benzene ring substituents is 1. The Morgan fingerprint density at radius 1 is 0.742 bits per heavy atom. The Balaban J connectivity index is 1.12. The first-order chi connectivity index (χ1) is 56.6. The molecule has 42 heteroatoms. The average Bonchev–Trinajstić information content (AvgIpc) is 0.765. The number of aliphatic carboxylic acids is 1. The second-order valence-corrected chi connectivity index (χ2v) is 30.7. The third-order valence-corrected chi connectivity index (χ3v) is 21.4. The van der Waals surface area contributed by atoms with Gasteiger partial charge in [0.25, 0.3) is 5.69 Å². The summed E-state index contributed by atoms with van der Waals surface area (Å²) in [7, 11) is 1.19. The minimum Gasteiger partial charge on any atom is -0.508 e. The number of phenolic OH excluding ortho intramolecular Hbond substituents is 3. The third-order valence-electron chi connectivity index (χ3n) is 20.8. The summed E-state index contributed by atoms with van der Waals surface area (Å²) >= 11 is 14.3. The molecule has 0 spiro atoms. The average molecular weight is 1710 g/mol. The summed E-state index contributed by atoms with van der Waals surface area (Å²) < 4.78 is 49.7. The van der Waals surface area contributed by atoms with E-state index >= 15 is 19.2 Å². The number of nitrogens with one attached hydrogen (secondary N) is 5. The first kappa shape index (κ1) is 88.6. The van der Waals surface area contributed by atoms with E-state index in [2.05, 4.69) is 26.6 Å². The molecular weight excluding hydrogens is 1630 g/mol. The number of nitrogens with two attached hydrogens (primary N) is 3. The molecule has 0 unspecified atom stereocenters. The van der Waals surface area contributed by atoms with E-state index in [-0.39, 0.29) is 28.8 Å². The molecule has 20 N–H and O–H groups in total. The van der Waals surface area contributed by atoms with Crippen molar-refractivity contribution in [1.82, 2.24) is 31.5 Å². The number of hydrogen-bond donors (Lipinski definition) is 17. The molecule has 11 bridgehead atoms. The van der Waals surface area contributed by atoms with E-state index in [9.17, 15) is 89.6 Å². The zero-order valence-corrected chi connectivity index (χ0v) is 65.6. The number of ether oxygens (including phenoxy) is 8. The van der Waals surface area contributed by atoms with Crippen LogP contribution < -0.4 is 58.0 Å². The van der Waals surface area contributed by atoms with Crippen LogP contribution in [0.3, 0.4) is 0 Å². The fourth-order valence-corrected chi connectivity index (χ4v) is 15.3. The Kier molecular flexibility index (Phi) is 27.0. The van der Waals surface area contributed by atoms with Crippen LogP contribution in [0, 0.1) is 22.0 Å². The summed E-state index contributed by atoms with van der Waals surface area (Å²) in [6, 6.07) is 6.41. The maximum absolute atomic E-state index is 16.4. The van der Waals surface area contributed by atoms with Crippen LogP contribution in [-0.4, -0.2) is 208 Å². The van der Waals surface area contributed by atoms with Crippen molar-refractivity contribution in [3.8, 4) is 57.1 Å². The summed E-state index contributed by atoms with van der Waals surface area (Å²) in [5, 5.41) is 127. The number of halogens is 2. The monoisotopic (exact) mass is 1710 g/mol. The molecule has 2 fully saturated rings. The standard InChI is InChI=1S/C78H84Cl2N10O30/c1-30(2)16-45(89(5)77(110)113-29-32-6-11-38(12-7-32)90(111)112)71(104)86-60-48(95)20-37(23-55(81)97)69(102)84-58-36-21-52(115-50-14-9-34(62(60)98)18-43(50)79)66(119-74-67(65(101)64(100)54(28-91)117-74)118-56-27-78(4,88-75(82)108)68(31(3)114-56)120-76(83)109)53(22-36)116-51-15-10-35(19-44(51)80)63(99)61-72(105)85-59(73(106)107)42-24-39(92)25-47(94)57(42)41-17-33(8-13-46(41)93)40(26-49(58)96)70(103)87-61/h6-15,17-19,21-22,24-25,30-31,37,40,45,54,56,58-65,67-68,74,91-94,98-101H,16,20,23,26-29H2,1-5H3,(H2,81,97)(H2,83,109)(H,84,102)(H,85,105)(H,86,104)(H,87,103)(H,106,107)(H3,82,88,108)/t31-,37-,40+,45+,54+,56-,58+,59-,60-,61-,62+,63+,64+,65-,67+,68+,74-,78-/m0/s1. The first-order valence-corrected chi connectivity index (χ1v) is 37.8. The lowest BCUT2D eigenvalue weighted by Gasteiger charge is -2.48. The van der Waals surface area contributed by atoms with Crippen molar-refractivity contribution in [1.29, 1.82) is 0 Å². The SMILES string of the molecule is CC(C)C[C@H](C(=O)N[C@H]1C(=O)C[C@@H](CC(N)=O)C(=O)N[C@H]2C(=O)C[C@H]3C(=O)N[C@H](C(=O)N[C@H](C(=O)O)c4cc(O)cc(O)c4-c4cc3ccc4O)[C@H](O)c3ccc(c(Cl)c3)Oc3cc2cc(c3O[C@@H]2O[C@H](CO)[C@@H](O)[C@H](O)[C@H]2O[C@H]2C[C@](C)(NC(N)=O)[C@H](OC(N)=O)[C@H](C)O2)Oc2ccc(cc2Cl)[C@H]1O)N(C)C(=O)OCc1ccc([N+](=O)[O-])cc1. The van der Waals surface area contributed by atoms with Crippen LogP contribution in [0.25, 0.3) is 11.1 Å². The molecule has 0 aliphatic carbocycles. The lowest BCUT2D eigenvalue weighted by atomic mass is 9.84. The second-order valence-electron chi connectivity index (χ2n) is 29.9. The van der Waals surface area contributed by atoms with Gasteiger partial charge < -0.3 is 128 Å². The van der Waals surface area contributed by atoms with Gasteiger partial charge in [-0.2, -0.15) is 0 Å². The largest absolute Gasteiger partial charge is 0.508 e. The summed E-state index contributed by atoms with van der Waals surface area (Å²) in [4.78, 5) is 170. The number of primary amides is 3. The highest BCUT2D eigenvalue weighted by atomic mass is 35.5. The number of urea groups is 1. The van der Waals surface area contributed by atoms with Gasteiger partial charge in [-0.25, -0.2) is 19.2 Å². The second kappa shape index (κ2) is 36.5. The molecule has 7 aliphatic rings. The number of carbonyl (C=O) groups excluding carboxylic acids is 10. The van der Waals surface area contributed by atoms with E-state index in [0.717, 1.165) is 83.8 Å². The molecule has 120 heavy (non-hydrogen) atoms. The van der Waals surface area contributed by atoms with Crippen molar-refractivity contribution in [2.24, 2.45) is 29.0 Å². The summed E-state index contributed by atoms with van der Waals surface area (Å²) in [6.07, 6.45) is -25.6. The van der Waals surface area contributed by atoms with Gasteiger partial charge in [0.05, 0.1) is 45.1 Å². The van der Waals surface area contributed by atoms with Crippen molar-refractivity contribution in [2.75, 3.05) is 13.7 Å². The summed E-state index contributed by atoms with van der Waals surface area (Å²) in [5.74, 6) is -20.9. The Morgan fingerprint density at radius 2 is 1.38 bits per heavy atom. The number of likely N-dealkylation sites (N-methyl/N-ethyl adjacent to an activating group) is 1. The number of aliphatic hydroxyl groups is 5. The van der Waals surface area contributed by atoms with Crippen molar-refractivity contribution in [3.63, 3.8) is 0 Å². The summed E-state index contributed by atoms with van der Waals surface area (Å²) in [6.45, 7) is 4.60. The minimum absolute atomic E-state index is 0.154. The molecule has 640 valence electrons. The molecule has 7 aliphatic heterocycles. The Bertz CT molecular complexity index is 5040. The molecule has 6 aromatic rings. The number of phenols is 3. The molecule has 0 saturated carbocycles. The predicted octanol–water partition coefficient (Wildman–Crippen LogP) is 3.85. The number of nitro groups is 1. The molecule has 40 nitrogen and oxygen atoms in total. The first-order valence-electron chi connectivity index (χ1n) is 37.0. The molecule has 18 atom stereocenters. The number of non-ortho nitro benzene ring substituents is 1. The number of rotatable bonds is 18. The van der Waals surface area contributed by atoms with E-state index in [1.807, 2.05) is 0 Å². The lowest BCUT2D eigenvalue weighted by Crippen LogP contribution is -2.67. The number of carboxylic acids is 1. The zero-order chi connectivity index (χ0) is 87.5. The Labute approximate surface area is 690 Å². The van der Waals surface area contributed by atoms with Crippen molar-refractivity contribution in [2.45, 2.75) is 169 Å². The fourth-order valence-electron chi connectivity index (χ4n) is 14.9. The number of Topliss-reactive ketones (excluding diaryl/α,β-unsaturated/α-hetero) is 2. The van der Waals surface area contributed by atoms with Crippen LogP contribution in [0.5, 0.6) is 46.0 Å². The number of hydrogen-bond acceptors (Lipinski definition) is 29. The van der Waals surface area contributed by atoms with Gasteiger partial charge in [-0.1, -0.05) is 55.2 Å². The maximum Gasteiger partial charge on any atom is 0.410 e. The Morgan fingerprint density at radius 3 is 1.96 bits per heavy atom. The fraction of sp³-hybridized carbons (Fsp3) is 0.397. The van der Waals surface area contributed by atoms with Gasteiger partial charge in [0.15, 0.2) is 47.6 Å². The zero-order valence-electron chi connectivity index (χ0n) is 64.1. The summed E-state index contributed by atoms with van der Waals surface area (Å²) in [5.41, 5.74) is 12.2. The van der Waals surface area contributed by atoms with E-state index in [1.165, 1.54) is 45.2 Å². The smallest absolute Gasteiger partial charge is 0.410 e. The number of amides is 9. The van der Waals surface area contributed by atoms with E-state index in [0.29, 0.717) is 5.56 Å². The van der Waals surface area contributed by atoms with Gasteiger partial charge in [0, 0.05) is 67.6 Å². The minimum atomic E-state index is -2.33. The molecule has 0 aromatic heterocycles. The number of nitrogens with zero attached hydrogens (tertiary/aromatic N) is 2. The van der Waals surface area contributed by atoms with Gasteiger partial charge in [-0.15, -0.1) is 0 Å². The van der Waals surface area contributed by atoms with Crippen molar-refractivity contribution in [3.05, 3.63) is 157 Å². The quantitative estimate of drug-likeness (QED) is 0.0429. The normalized spacial score (nSPS) is 26.5. The molecular formula is C78H84Cl2N10O30. The lowest BCUT2D eigenvalue weighted by molar-refractivity contribution is -0.384.